The summed E-state index contributed by atoms with van der Waals surface area (Å²) in [4.78, 5) is 25.7. The van der Waals surface area contributed by atoms with Crippen LogP contribution in [0.15, 0.2) is 64.6 Å². The van der Waals surface area contributed by atoms with Crippen LogP contribution in [0.5, 0.6) is 12.0 Å². The molecule has 0 aliphatic heterocycles. The number of methoxy groups -OCH3 is 2. The topological polar surface area (TPSA) is 86.2 Å². The Hall–Kier alpha value is -3.13. The van der Waals surface area contributed by atoms with E-state index in [1.54, 1.807) is 6.07 Å². The van der Waals surface area contributed by atoms with Crippen molar-refractivity contribution in [3.63, 3.8) is 0 Å². The van der Waals surface area contributed by atoms with Crippen LogP contribution in [0.4, 0.5) is 0 Å². The highest BCUT2D eigenvalue weighted by Crippen LogP contribution is 2.29. The van der Waals surface area contributed by atoms with E-state index in [0.717, 1.165) is 10.5 Å². The minimum absolute atomic E-state index is 0.148. The van der Waals surface area contributed by atoms with Crippen LogP contribution in [0.25, 0.3) is 0 Å². The third-order valence-electron chi connectivity index (χ3n) is 3.57. The van der Waals surface area contributed by atoms with Crippen LogP contribution in [0.3, 0.4) is 0 Å². The van der Waals surface area contributed by atoms with Crippen molar-refractivity contribution in [3.8, 4) is 12.0 Å². The van der Waals surface area contributed by atoms with Crippen molar-refractivity contribution in [3.05, 3.63) is 65.7 Å². The molecule has 1 aromatic heterocycles. The van der Waals surface area contributed by atoms with Crippen LogP contribution < -0.4 is 14.8 Å². The van der Waals surface area contributed by atoms with Crippen molar-refractivity contribution < 1.29 is 14.3 Å². The summed E-state index contributed by atoms with van der Waals surface area (Å²) in [6, 6.07) is 17.3. The first-order chi connectivity index (χ1) is 13.2. The Balaban J connectivity index is 1.78. The molecule has 0 bridgehead atoms. The number of aromatic nitrogens is 3. The third-order valence-corrected chi connectivity index (χ3v) is 4.51. The molecular formula is C19H18N4O3S. The van der Waals surface area contributed by atoms with Gasteiger partial charge in [-0.1, -0.05) is 42.5 Å². The average molecular weight is 382 g/mol. The van der Waals surface area contributed by atoms with Gasteiger partial charge < -0.3 is 14.8 Å². The number of rotatable bonds is 7. The molecule has 1 N–H and O–H groups in total. The molecule has 8 heteroatoms. The van der Waals surface area contributed by atoms with Gasteiger partial charge in [-0.2, -0.15) is 9.97 Å². The van der Waals surface area contributed by atoms with Crippen LogP contribution in [0, 0.1) is 0 Å². The number of hydrogen-bond donors (Lipinski definition) is 1. The van der Waals surface area contributed by atoms with E-state index < -0.39 is 0 Å². The van der Waals surface area contributed by atoms with Gasteiger partial charge in [-0.05, 0) is 29.5 Å². The monoisotopic (exact) mass is 382 g/mol. The van der Waals surface area contributed by atoms with Crippen molar-refractivity contribution in [2.45, 2.75) is 16.6 Å². The summed E-state index contributed by atoms with van der Waals surface area (Å²) in [5, 5.41) is 3.31. The number of ether oxygens (including phenoxy) is 2. The van der Waals surface area contributed by atoms with Crippen LogP contribution in [-0.2, 0) is 6.54 Å². The maximum atomic E-state index is 12.6. The van der Waals surface area contributed by atoms with Crippen LogP contribution in [0.2, 0.25) is 0 Å². The van der Waals surface area contributed by atoms with E-state index in [1.807, 2.05) is 48.5 Å². The Morgan fingerprint density at radius 1 is 0.926 bits per heavy atom. The smallest absolute Gasteiger partial charge is 0.323 e. The van der Waals surface area contributed by atoms with E-state index in [9.17, 15) is 4.79 Å². The van der Waals surface area contributed by atoms with Crippen molar-refractivity contribution in [1.82, 2.24) is 20.3 Å². The van der Waals surface area contributed by atoms with Gasteiger partial charge >= 0.3 is 12.0 Å². The third kappa shape index (κ3) is 4.95. The molecule has 2 aromatic carbocycles. The molecule has 138 valence electrons. The van der Waals surface area contributed by atoms with E-state index in [1.165, 1.54) is 26.0 Å². The molecule has 3 rings (SSSR count). The summed E-state index contributed by atoms with van der Waals surface area (Å²) in [5.41, 5.74) is 1.57. The van der Waals surface area contributed by atoms with Crippen molar-refractivity contribution in [1.29, 1.82) is 0 Å². The fourth-order valence-electron chi connectivity index (χ4n) is 2.26. The Labute approximate surface area is 161 Å². The molecule has 0 spiro atoms. The second kappa shape index (κ2) is 9.00. The molecule has 0 fully saturated rings. The normalized spacial score (nSPS) is 10.3. The fourth-order valence-corrected chi connectivity index (χ4v) is 3.13. The minimum atomic E-state index is -0.171. The maximum absolute atomic E-state index is 12.6. The largest absolute Gasteiger partial charge is 0.467 e. The first-order valence-corrected chi connectivity index (χ1v) is 8.94. The van der Waals surface area contributed by atoms with Crippen LogP contribution in [-0.4, -0.2) is 35.1 Å². The summed E-state index contributed by atoms with van der Waals surface area (Å²) in [5.74, 6) is -0.171. The lowest BCUT2D eigenvalue weighted by atomic mass is 10.2. The molecule has 0 unspecified atom stereocenters. The summed E-state index contributed by atoms with van der Waals surface area (Å²) in [6.07, 6.45) is 0. The Morgan fingerprint density at radius 2 is 1.56 bits per heavy atom. The molecule has 1 amide bonds. The van der Waals surface area contributed by atoms with E-state index in [-0.39, 0.29) is 17.9 Å². The van der Waals surface area contributed by atoms with E-state index >= 15 is 0 Å². The highest BCUT2D eigenvalue weighted by molar-refractivity contribution is 7.99. The number of hydrogen-bond acceptors (Lipinski definition) is 7. The standard InChI is InChI=1S/C19H18N4O3S/c1-25-17-21-18(26-2)23-19(22-17)27-15-11-7-6-10-14(15)16(24)20-12-13-8-4-3-5-9-13/h3-11H,12H2,1-2H3,(H,20,24). The van der Waals surface area contributed by atoms with Crippen LogP contribution >= 0.6 is 11.8 Å². The number of carbonyl (C=O) groups is 1. The van der Waals surface area contributed by atoms with Gasteiger partial charge in [0.25, 0.3) is 5.91 Å². The lowest BCUT2D eigenvalue weighted by molar-refractivity contribution is 0.0948. The molecular weight excluding hydrogens is 364 g/mol. The predicted molar refractivity (Wildman–Crippen MR) is 101 cm³/mol. The highest BCUT2D eigenvalue weighted by atomic mass is 32.2. The fraction of sp³-hybridized carbons (Fsp3) is 0.158. The average Bonchev–Trinajstić information content (AvgIpc) is 2.72. The Bertz CT molecular complexity index is 900. The summed E-state index contributed by atoms with van der Waals surface area (Å²) < 4.78 is 10.1. The highest BCUT2D eigenvalue weighted by Gasteiger charge is 2.15. The number of benzene rings is 2. The van der Waals surface area contributed by atoms with Gasteiger partial charge in [-0.15, -0.1) is 4.98 Å². The molecule has 0 aliphatic rings. The lowest BCUT2D eigenvalue weighted by Gasteiger charge is -2.10. The first kappa shape index (κ1) is 18.7. The molecule has 7 nitrogen and oxygen atoms in total. The zero-order valence-electron chi connectivity index (χ0n) is 14.9. The van der Waals surface area contributed by atoms with Gasteiger partial charge in [0.2, 0.25) is 5.16 Å². The molecule has 0 atom stereocenters. The summed E-state index contributed by atoms with van der Waals surface area (Å²) >= 11 is 1.24. The maximum Gasteiger partial charge on any atom is 0.323 e. The molecule has 0 aliphatic carbocycles. The second-order valence-electron chi connectivity index (χ2n) is 5.36. The molecule has 0 saturated carbocycles. The van der Waals surface area contributed by atoms with Gasteiger partial charge in [0.1, 0.15) is 0 Å². The summed E-state index contributed by atoms with van der Waals surface area (Å²) in [6.45, 7) is 0.450. The van der Waals surface area contributed by atoms with Gasteiger partial charge in [0.15, 0.2) is 0 Å². The lowest BCUT2D eigenvalue weighted by Crippen LogP contribution is -2.23. The van der Waals surface area contributed by atoms with Gasteiger partial charge in [0, 0.05) is 11.4 Å². The van der Waals surface area contributed by atoms with Crippen molar-refractivity contribution in [2.24, 2.45) is 0 Å². The van der Waals surface area contributed by atoms with Crippen LogP contribution in [0.1, 0.15) is 15.9 Å². The first-order valence-electron chi connectivity index (χ1n) is 8.12. The Kier molecular flexibility index (Phi) is 6.22. The SMILES string of the molecule is COc1nc(OC)nc(Sc2ccccc2C(=O)NCc2ccccc2)n1. The molecule has 27 heavy (non-hydrogen) atoms. The number of carbonyl (C=O) groups excluding carboxylic acids is 1. The van der Waals surface area contributed by atoms with Gasteiger partial charge in [-0.25, -0.2) is 0 Å². The quantitative estimate of drug-likeness (QED) is 0.672. The minimum Gasteiger partial charge on any atom is -0.467 e. The number of nitrogens with one attached hydrogen (secondary N) is 1. The molecule has 3 aromatic rings. The molecule has 0 radical (unpaired) electrons. The van der Waals surface area contributed by atoms with Gasteiger partial charge in [-0.3, -0.25) is 4.79 Å². The van der Waals surface area contributed by atoms with E-state index in [0.29, 0.717) is 17.3 Å². The zero-order valence-corrected chi connectivity index (χ0v) is 15.7. The number of nitrogens with zero attached hydrogens (tertiary/aromatic N) is 3. The van der Waals surface area contributed by atoms with Crippen molar-refractivity contribution in [2.75, 3.05) is 14.2 Å². The zero-order chi connectivity index (χ0) is 19.1. The molecule has 1 heterocycles. The van der Waals surface area contributed by atoms with E-state index in [4.69, 9.17) is 9.47 Å². The Morgan fingerprint density at radius 3 is 2.22 bits per heavy atom. The van der Waals surface area contributed by atoms with E-state index in [2.05, 4.69) is 20.3 Å². The molecule has 0 saturated heterocycles. The second-order valence-corrected chi connectivity index (χ2v) is 6.37. The van der Waals surface area contributed by atoms with Crippen molar-refractivity contribution >= 4 is 17.7 Å². The number of amides is 1. The predicted octanol–water partition coefficient (Wildman–Crippen LogP) is 2.97. The summed E-state index contributed by atoms with van der Waals surface area (Å²) in [7, 11) is 2.93. The van der Waals surface area contributed by atoms with Gasteiger partial charge in [0.05, 0.1) is 19.8 Å².